The first-order chi connectivity index (χ1) is 7.83. The van der Waals surface area contributed by atoms with Crippen molar-refractivity contribution in [2.24, 2.45) is 5.73 Å². The van der Waals surface area contributed by atoms with E-state index in [1.54, 1.807) is 5.38 Å². The number of carbonyl (C=O) groups excluding carboxylic acids is 1. The average molecular weight is 240 g/mol. The minimum atomic E-state index is 0.00639. The van der Waals surface area contributed by atoms with Gasteiger partial charge in [0.2, 0.25) is 0 Å². The van der Waals surface area contributed by atoms with Gasteiger partial charge in [-0.3, -0.25) is 4.79 Å². The number of aromatic nitrogens is 2. The van der Waals surface area contributed by atoms with E-state index in [1.165, 1.54) is 18.0 Å². The Morgan fingerprint density at radius 3 is 3.19 bits per heavy atom. The summed E-state index contributed by atoms with van der Waals surface area (Å²) < 4.78 is 3.73. The highest BCUT2D eigenvalue weighted by atomic mass is 32.1. The van der Waals surface area contributed by atoms with Crippen LogP contribution in [0.25, 0.3) is 0 Å². The molecule has 2 N–H and O–H groups in total. The minimum absolute atomic E-state index is 0.00639. The SMILES string of the molecule is NCCC1CCCCN1C(=O)c1csnn1. The number of carbonyl (C=O) groups is 1. The number of hydrogen-bond acceptors (Lipinski definition) is 5. The molecule has 1 unspecified atom stereocenters. The van der Waals surface area contributed by atoms with Crippen LogP contribution in [0.4, 0.5) is 0 Å². The molecule has 2 rings (SSSR count). The van der Waals surface area contributed by atoms with Gasteiger partial charge in [-0.2, -0.15) is 0 Å². The Kier molecular flexibility index (Phi) is 3.84. The van der Waals surface area contributed by atoms with E-state index in [0.29, 0.717) is 12.2 Å². The summed E-state index contributed by atoms with van der Waals surface area (Å²) in [5.74, 6) is 0.00639. The summed E-state index contributed by atoms with van der Waals surface area (Å²) in [5, 5.41) is 5.54. The third-order valence-corrected chi connectivity index (χ3v) is 3.47. The van der Waals surface area contributed by atoms with E-state index >= 15 is 0 Å². The molecule has 0 bridgehead atoms. The molecule has 0 aliphatic carbocycles. The molecule has 5 nitrogen and oxygen atoms in total. The highest BCUT2D eigenvalue weighted by Crippen LogP contribution is 2.21. The van der Waals surface area contributed by atoms with Gasteiger partial charge in [-0.05, 0) is 43.8 Å². The number of nitrogens with zero attached hydrogens (tertiary/aromatic N) is 3. The first-order valence-corrected chi connectivity index (χ1v) is 6.44. The van der Waals surface area contributed by atoms with E-state index in [2.05, 4.69) is 9.59 Å². The highest BCUT2D eigenvalue weighted by Gasteiger charge is 2.27. The Morgan fingerprint density at radius 2 is 2.50 bits per heavy atom. The van der Waals surface area contributed by atoms with Crippen LogP contribution in [-0.4, -0.2) is 39.5 Å². The van der Waals surface area contributed by atoms with E-state index in [1.807, 2.05) is 4.90 Å². The lowest BCUT2D eigenvalue weighted by Gasteiger charge is -2.35. The molecule has 2 heterocycles. The molecule has 1 atom stereocenters. The average Bonchev–Trinajstić information content (AvgIpc) is 2.83. The molecule has 1 aromatic heterocycles. The molecule has 0 saturated carbocycles. The van der Waals surface area contributed by atoms with Gasteiger partial charge in [0, 0.05) is 18.0 Å². The van der Waals surface area contributed by atoms with E-state index in [4.69, 9.17) is 5.73 Å². The van der Waals surface area contributed by atoms with Crippen molar-refractivity contribution < 1.29 is 4.79 Å². The molecule has 1 aromatic rings. The Bertz CT molecular complexity index is 339. The fraction of sp³-hybridized carbons (Fsp3) is 0.700. The van der Waals surface area contributed by atoms with Crippen molar-refractivity contribution in [1.82, 2.24) is 14.5 Å². The molecular formula is C10H16N4OS. The smallest absolute Gasteiger partial charge is 0.275 e. The molecular weight excluding hydrogens is 224 g/mol. The first-order valence-electron chi connectivity index (χ1n) is 5.61. The van der Waals surface area contributed by atoms with Gasteiger partial charge in [-0.25, -0.2) is 0 Å². The summed E-state index contributed by atoms with van der Waals surface area (Å²) in [4.78, 5) is 14.0. The lowest BCUT2D eigenvalue weighted by atomic mass is 9.99. The summed E-state index contributed by atoms with van der Waals surface area (Å²) in [7, 11) is 0. The summed E-state index contributed by atoms with van der Waals surface area (Å²) in [6, 6.07) is 0.285. The van der Waals surface area contributed by atoms with Gasteiger partial charge in [0.1, 0.15) is 0 Å². The number of nitrogens with two attached hydrogens (primary N) is 1. The summed E-state index contributed by atoms with van der Waals surface area (Å²) in [5.41, 5.74) is 6.04. The van der Waals surface area contributed by atoms with Crippen LogP contribution in [-0.2, 0) is 0 Å². The largest absolute Gasteiger partial charge is 0.334 e. The van der Waals surface area contributed by atoms with Crippen molar-refractivity contribution in [2.45, 2.75) is 31.7 Å². The maximum atomic E-state index is 12.1. The highest BCUT2D eigenvalue weighted by molar-refractivity contribution is 7.03. The second-order valence-corrected chi connectivity index (χ2v) is 4.63. The zero-order chi connectivity index (χ0) is 11.4. The van der Waals surface area contributed by atoms with Crippen LogP contribution in [0.5, 0.6) is 0 Å². The number of amides is 1. The fourth-order valence-corrected chi connectivity index (χ4v) is 2.60. The maximum absolute atomic E-state index is 12.1. The van der Waals surface area contributed by atoms with Crippen molar-refractivity contribution in [2.75, 3.05) is 13.1 Å². The predicted octanol–water partition coefficient (Wildman–Crippen LogP) is 0.882. The Hall–Kier alpha value is -1.01. The molecule has 0 radical (unpaired) electrons. The van der Waals surface area contributed by atoms with E-state index in [9.17, 15) is 4.79 Å². The van der Waals surface area contributed by atoms with Crippen molar-refractivity contribution in [3.63, 3.8) is 0 Å². The maximum Gasteiger partial charge on any atom is 0.275 e. The standard InChI is InChI=1S/C10H16N4OS/c11-5-4-8-3-1-2-6-14(8)10(15)9-7-16-13-12-9/h7-8H,1-6,11H2. The lowest BCUT2D eigenvalue weighted by molar-refractivity contribution is 0.0599. The third kappa shape index (κ3) is 2.38. The number of likely N-dealkylation sites (tertiary alicyclic amines) is 1. The Labute approximate surface area is 98.8 Å². The lowest BCUT2D eigenvalue weighted by Crippen LogP contribution is -2.44. The fourth-order valence-electron chi connectivity index (χ4n) is 2.17. The number of piperidine rings is 1. The van der Waals surface area contributed by atoms with Crippen LogP contribution in [0, 0.1) is 0 Å². The van der Waals surface area contributed by atoms with Crippen molar-refractivity contribution in [1.29, 1.82) is 0 Å². The molecule has 1 aliphatic rings. The van der Waals surface area contributed by atoms with Crippen LogP contribution in [0.1, 0.15) is 36.2 Å². The zero-order valence-corrected chi connectivity index (χ0v) is 9.95. The normalized spacial score (nSPS) is 21.1. The van der Waals surface area contributed by atoms with Crippen LogP contribution < -0.4 is 5.73 Å². The Balaban J connectivity index is 2.08. The topological polar surface area (TPSA) is 72.1 Å². The van der Waals surface area contributed by atoms with Crippen LogP contribution >= 0.6 is 11.5 Å². The molecule has 16 heavy (non-hydrogen) atoms. The second kappa shape index (κ2) is 5.36. The van der Waals surface area contributed by atoms with E-state index in [0.717, 1.165) is 25.8 Å². The first kappa shape index (κ1) is 11.5. The van der Waals surface area contributed by atoms with Gasteiger partial charge in [0.15, 0.2) is 5.69 Å². The quantitative estimate of drug-likeness (QED) is 0.851. The second-order valence-electron chi connectivity index (χ2n) is 4.02. The van der Waals surface area contributed by atoms with Gasteiger partial charge < -0.3 is 10.6 Å². The minimum Gasteiger partial charge on any atom is -0.334 e. The van der Waals surface area contributed by atoms with Gasteiger partial charge in [-0.15, -0.1) is 5.10 Å². The van der Waals surface area contributed by atoms with Crippen LogP contribution in [0.15, 0.2) is 5.38 Å². The van der Waals surface area contributed by atoms with Gasteiger partial charge in [0.25, 0.3) is 5.91 Å². The Morgan fingerprint density at radius 1 is 1.62 bits per heavy atom. The van der Waals surface area contributed by atoms with Crippen molar-refractivity contribution in [3.8, 4) is 0 Å². The molecule has 6 heteroatoms. The molecule has 88 valence electrons. The van der Waals surface area contributed by atoms with E-state index in [-0.39, 0.29) is 11.9 Å². The van der Waals surface area contributed by atoms with Gasteiger partial charge in [0.05, 0.1) is 0 Å². The molecule has 1 aliphatic heterocycles. The zero-order valence-electron chi connectivity index (χ0n) is 9.13. The summed E-state index contributed by atoms with van der Waals surface area (Å²) >= 11 is 1.21. The predicted molar refractivity (Wildman–Crippen MR) is 62.3 cm³/mol. The molecule has 0 spiro atoms. The van der Waals surface area contributed by atoms with E-state index < -0.39 is 0 Å². The summed E-state index contributed by atoms with van der Waals surface area (Å²) in [6.45, 7) is 1.45. The van der Waals surface area contributed by atoms with Crippen molar-refractivity contribution >= 4 is 17.4 Å². The summed E-state index contributed by atoms with van der Waals surface area (Å²) in [6.07, 6.45) is 4.19. The number of rotatable bonds is 3. The monoisotopic (exact) mass is 240 g/mol. The molecule has 1 fully saturated rings. The van der Waals surface area contributed by atoms with Crippen LogP contribution in [0.3, 0.4) is 0 Å². The molecule has 1 saturated heterocycles. The number of hydrogen-bond donors (Lipinski definition) is 1. The van der Waals surface area contributed by atoms with Crippen molar-refractivity contribution in [3.05, 3.63) is 11.1 Å². The molecule has 1 amide bonds. The van der Waals surface area contributed by atoms with Gasteiger partial charge >= 0.3 is 0 Å². The molecule has 0 aromatic carbocycles. The third-order valence-electron chi connectivity index (χ3n) is 2.97. The van der Waals surface area contributed by atoms with Crippen LogP contribution in [0.2, 0.25) is 0 Å². The van der Waals surface area contributed by atoms with Gasteiger partial charge in [-0.1, -0.05) is 4.49 Å².